The first-order chi connectivity index (χ1) is 10.1. The van der Waals surface area contributed by atoms with Gasteiger partial charge in [0.05, 0.1) is 0 Å². The first-order valence-corrected chi connectivity index (χ1v) is 7.74. The fourth-order valence-corrected chi connectivity index (χ4v) is 2.86. The van der Waals surface area contributed by atoms with E-state index in [-0.39, 0.29) is 18.5 Å². The van der Waals surface area contributed by atoms with Crippen molar-refractivity contribution < 1.29 is 14.2 Å². The van der Waals surface area contributed by atoms with Crippen molar-refractivity contribution in [3.8, 4) is 5.75 Å². The lowest BCUT2D eigenvalue weighted by Crippen LogP contribution is -2.34. The highest BCUT2D eigenvalue weighted by Gasteiger charge is 2.16. The number of rotatable bonds is 7. The van der Waals surface area contributed by atoms with E-state index in [1.807, 2.05) is 18.5 Å². The molecule has 0 fully saturated rings. The van der Waals surface area contributed by atoms with Gasteiger partial charge in [-0.15, -0.1) is 11.3 Å². The van der Waals surface area contributed by atoms with Gasteiger partial charge in [0.2, 0.25) is 0 Å². The van der Waals surface area contributed by atoms with E-state index < -0.39 is 6.10 Å². The van der Waals surface area contributed by atoms with Gasteiger partial charge in [0.15, 0.2) is 0 Å². The zero-order chi connectivity index (χ0) is 15.2. The molecular weight excluding hydrogens is 289 g/mol. The number of aliphatic hydroxyl groups excluding tert-OH is 1. The van der Waals surface area contributed by atoms with Crippen LogP contribution in [0.4, 0.5) is 4.39 Å². The lowest BCUT2D eigenvalue weighted by atomic mass is 10.2. The van der Waals surface area contributed by atoms with Crippen molar-refractivity contribution in [3.63, 3.8) is 0 Å². The van der Waals surface area contributed by atoms with E-state index in [9.17, 15) is 9.50 Å². The van der Waals surface area contributed by atoms with Crippen LogP contribution in [0.2, 0.25) is 0 Å². The summed E-state index contributed by atoms with van der Waals surface area (Å²) in [6, 6.07) is 10.2. The molecule has 114 valence electrons. The van der Waals surface area contributed by atoms with Gasteiger partial charge in [-0.2, -0.15) is 0 Å². The van der Waals surface area contributed by atoms with Gasteiger partial charge in [-0.25, -0.2) is 4.39 Å². The van der Waals surface area contributed by atoms with E-state index in [1.165, 1.54) is 17.0 Å². The lowest BCUT2D eigenvalue weighted by Gasteiger charge is -2.26. The highest BCUT2D eigenvalue weighted by molar-refractivity contribution is 7.10. The van der Waals surface area contributed by atoms with Gasteiger partial charge < -0.3 is 9.84 Å². The molecule has 0 aliphatic carbocycles. The quantitative estimate of drug-likeness (QED) is 0.851. The molecule has 0 bridgehead atoms. The Morgan fingerprint density at radius 1 is 1.29 bits per heavy atom. The van der Waals surface area contributed by atoms with Gasteiger partial charge in [-0.05, 0) is 49.7 Å². The van der Waals surface area contributed by atoms with Crippen LogP contribution in [0.1, 0.15) is 17.8 Å². The highest BCUT2D eigenvalue weighted by Crippen LogP contribution is 2.23. The topological polar surface area (TPSA) is 32.7 Å². The maximum absolute atomic E-state index is 12.8. The van der Waals surface area contributed by atoms with Gasteiger partial charge in [0, 0.05) is 17.5 Å². The molecule has 0 spiro atoms. The smallest absolute Gasteiger partial charge is 0.123 e. The van der Waals surface area contributed by atoms with E-state index in [0.717, 1.165) is 0 Å². The zero-order valence-corrected chi connectivity index (χ0v) is 13.0. The maximum atomic E-state index is 12.8. The summed E-state index contributed by atoms with van der Waals surface area (Å²) in [5.74, 6) is 0.261. The van der Waals surface area contributed by atoms with Crippen LogP contribution >= 0.6 is 11.3 Å². The molecule has 21 heavy (non-hydrogen) atoms. The van der Waals surface area contributed by atoms with Crippen molar-refractivity contribution in [2.24, 2.45) is 0 Å². The SMILES string of the molecule is CC(c1cccs1)N(C)CC(O)COc1ccc(F)cc1. The average Bonchev–Trinajstić information content (AvgIpc) is 3.00. The minimum atomic E-state index is -0.595. The Kier molecular flexibility index (Phi) is 5.73. The van der Waals surface area contributed by atoms with Crippen LogP contribution < -0.4 is 4.74 Å². The number of nitrogens with zero attached hydrogens (tertiary/aromatic N) is 1. The molecule has 1 aromatic carbocycles. The number of thiophene rings is 1. The number of hydrogen-bond donors (Lipinski definition) is 1. The van der Waals surface area contributed by atoms with Crippen molar-refractivity contribution in [1.82, 2.24) is 4.90 Å². The van der Waals surface area contributed by atoms with Gasteiger partial charge in [0.1, 0.15) is 24.3 Å². The normalized spacial score (nSPS) is 14.1. The maximum Gasteiger partial charge on any atom is 0.123 e. The Labute approximate surface area is 128 Å². The molecule has 1 aromatic heterocycles. The molecule has 2 rings (SSSR count). The fourth-order valence-electron chi connectivity index (χ4n) is 2.01. The van der Waals surface area contributed by atoms with Crippen LogP contribution in [0.3, 0.4) is 0 Å². The molecule has 1 N–H and O–H groups in total. The molecular formula is C16H20FNO2S. The Morgan fingerprint density at radius 3 is 2.62 bits per heavy atom. The van der Waals surface area contributed by atoms with E-state index in [4.69, 9.17) is 4.74 Å². The molecule has 2 unspecified atom stereocenters. The summed E-state index contributed by atoms with van der Waals surface area (Å²) in [6.45, 7) is 2.81. The first-order valence-electron chi connectivity index (χ1n) is 6.86. The minimum Gasteiger partial charge on any atom is -0.491 e. The molecule has 2 atom stereocenters. The third-order valence-electron chi connectivity index (χ3n) is 3.37. The van der Waals surface area contributed by atoms with Crippen LogP contribution in [0.15, 0.2) is 41.8 Å². The van der Waals surface area contributed by atoms with Crippen LogP contribution in [-0.4, -0.2) is 36.3 Å². The zero-order valence-electron chi connectivity index (χ0n) is 12.2. The number of ether oxygens (including phenoxy) is 1. The van der Waals surface area contributed by atoms with Crippen molar-refractivity contribution in [3.05, 3.63) is 52.5 Å². The van der Waals surface area contributed by atoms with Crippen LogP contribution in [-0.2, 0) is 0 Å². The molecule has 0 saturated carbocycles. The summed E-state index contributed by atoms with van der Waals surface area (Å²) in [5.41, 5.74) is 0. The van der Waals surface area contributed by atoms with E-state index >= 15 is 0 Å². The molecule has 3 nitrogen and oxygen atoms in total. The van der Waals surface area contributed by atoms with E-state index in [2.05, 4.69) is 17.9 Å². The summed E-state index contributed by atoms with van der Waals surface area (Å²) < 4.78 is 18.2. The largest absolute Gasteiger partial charge is 0.491 e. The number of aliphatic hydroxyl groups is 1. The Morgan fingerprint density at radius 2 is 2.00 bits per heavy atom. The lowest BCUT2D eigenvalue weighted by molar-refractivity contribution is 0.0658. The summed E-state index contributed by atoms with van der Waals surface area (Å²) in [6.07, 6.45) is -0.595. The summed E-state index contributed by atoms with van der Waals surface area (Å²) in [7, 11) is 1.98. The van der Waals surface area contributed by atoms with Crippen molar-refractivity contribution in [2.75, 3.05) is 20.2 Å². The van der Waals surface area contributed by atoms with Crippen molar-refractivity contribution >= 4 is 11.3 Å². The van der Waals surface area contributed by atoms with Crippen LogP contribution in [0, 0.1) is 5.82 Å². The number of halogens is 1. The Bertz CT molecular complexity index is 530. The Balaban J connectivity index is 1.78. The molecule has 0 aliphatic rings. The highest BCUT2D eigenvalue weighted by atomic mass is 32.1. The van der Waals surface area contributed by atoms with Crippen molar-refractivity contribution in [2.45, 2.75) is 19.1 Å². The molecule has 2 aromatic rings. The molecule has 0 saturated heterocycles. The molecule has 0 radical (unpaired) electrons. The number of benzene rings is 1. The first kappa shape index (κ1) is 15.9. The van der Waals surface area contributed by atoms with Gasteiger partial charge in [0.25, 0.3) is 0 Å². The summed E-state index contributed by atoms with van der Waals surface area (Å²) in [5, 5.41) is 12.1. The average molecular weight is 309 g/mol. The summed E-state index contributed by atoms with van der Waals surface area (Å²) >= 11 is 1.71. The summed E-state index contributed by atoms with van der Waals surface area (Å²) in [4.78, 5) is 3.36. The fraction of sp³-hybridized carbons (Fsp3) is 0.375. The second kappa shape index (κ2) is 7.54. The second-order valence-electron chi connectivity index (χ2n) is 5.05. The molecule has 1 heterocycles. The molecule has 0 aliphatic heterocycles. The standard InChI is InChI=1S/C16H20FNO2S/c1-12(16-4-3-9-21-16)18(2)10-14(19)11-20-15-7-5-13(17)6-8-15/h3-9,12,14,19H,10-11H2,1-2H3. The van der Waals surface area contributed by atoms with Crippen LogP contribution in [0.5, 0.6) is 5.75 Å². The van der Waals surface area contributed by atoms with E-state index in [1.54, 1.807) is 23.5 Å². The van der Waals surface area contributed by atoms with Gasteiger partial charge >= 0.3 is 0 Å². The van der Waals surface area contributed by atoms with Gasteiger partial charge in [-0.3, -0.25) is 4.90 Å². The number of hydrogen-bond acceptors (Lipinski definition) is 4. The molecule has 5 heteroatoms. The Hall–Kier alpha value is -1.43. The van der Waals surface area contributed by atoms with E-state index in [0.29, 0.717) is 12.3 Å². The minimum absolute atomic E-state index is 0.188. The second-order valence-corrected chi connectivity index (χ2v) is 6.03. The monoisotopic (exact) mass is 309 g/mol. The number of likely N-dealkylation sites (N-methyl/N-ethyl adjacent to an activating group) is 1. The van der Waals surface area contributed by atoms with Crippen LogP contribution in [0.25, 0.3) is 0 Å². The predicted molar refractivity (Wildman–Crippen MR) is 83.3 cm³/mol. The molecule has 0 amide bonds. The third kappa shape index (κ3) is 4.81. The third-order valence-corrected chi connectivity index (χ3v) is 4.41. The predicted octanol–water partition coefficient (Wildman–Crippen LogP) is 3.32. The van der Waals surface area contributed by atoms with Gasteiger partial charge in [-0.1, -0.05) is 6.07 Å². The van der Waals surface area contributed by atoms with Crippen molar-refractivity contribution in [1.29, 1.82) is 0 Å².